The lowest BCUT2D eigenvalue weighted by atomic mass is 9.68. The Balaban J connectivity index is 1.60. The number of methoxy groups -OCH3 is 1. The van der Waals surface area contributed by atoms with Crippen LogP contribution in [-0.4, -0.2) is 13.7 Å². The molecular weight excluding hydrogens is 256 g/mol. The molecule has 0 unspecified atom stereocenters. The summed E-state index contributed by atoms with van der Waals surface area (Å²) >= 11 is 0. The van der Waals surface area contributed by atoms with Gasteiger partial charge < -0.3 is 4.74 Å². The van der Waals surface area contributed by atoms with Gasteiger partial charge in [0.15, 0.2) is 0 Å². The standard InChI is InChI=1S/C20H38O/c1-3-4-5-6-17-7-11-19(12-8-17)20-13-9-18(10-14-20)15-16-21-2/h17-20H,3-16H2,1-2H3. The van der Waals surface area contributed by atoms with Crippen LogP contribution in [-0.2, 0) is 4.74 Å². The molecule has 0 aromatic rings. The quantitative estimate of drug-likeness (QED) is 0.483. The highest BCUT2D eigenvalue weighted by atomic mass is 16.5. The zero-order valence-electron chi connectivity index (χ0n) is 14.6. The Morgan fingerprint density at radius 3 is 1.71 bits per heavy atom. The molecule has 0 aromatic heterocycles. The van der Waals surface area contributed by atoms with Gasteiger partial charge in [0.25, 0.3) is 0 Å². The number of ether oxygens (including phenoxy) is 1. The minimum Gasteiger partial charge on any atom is -0.385 e. The second kappa shape index (κ2) is 9.87. The maximum atomic E-state index is 5.24. The van der Waals surface area contributed by atoms with Crippen molar-refractivity contribution in [2.75, 3.05) is 13.7 Å². The van der Waals surface area contributed by atoms with Crippen molar-refractivity contribution in [2.45, 2.75) is 90.4 Å². The number of rotatable bonds is 8. The van der Waals surface area contributed by atoms with E-state index in [4.69, 9.17) is 4.74 Å². The predicted octanol–water partition coefficient (Wildman–Crippen LogP) is 6.22. The van der Waals surface area contributed by atoms with E-state index in [1.807, 2.05) is 7.11 Å². The highest BCUT2D eigenvalue weighted by Gasteiger charge is 2.30. The van der Waals surface area contributed by atoms with Gasteiger partial charge in [0.1, 0.15) is 0 Å². The van der Waals surface area contributed by atoms with Gasteiger partial charge in [0.2, 0.25) is 0 Å². The zero-order valence-corrected chi connectivity index (χ0v) is 14.6. The van der Waals surface area contributed by atoms with E-state index in [1.54, 1.807) is 12.8 Å². The van der Waals surface area contributed by atoms with Crippen molar-refractivity contribution in [3.05, 3.63) is 0 Å². The Labute approximate surface area is 133 Å². The molecule has 0 spiro atoms. The Hall–Kier alpha value is -0.0400. The van der Waals surface area contributed by atoms with Gasteiger partial charge in [-0.25, -0.2) is 0 Å². The van der Waals surface area contributed by atoms with E-state index in [0.29, 0.717) is 0 Å². The number of unbranched alkanes of at least 4 members (excludes halogenated alkanes) is 2. The van der Waals surface area contributed by atoms with E-state index in [-0.39, 0.29) is 0 Å². The van der Waals surface area contributed by atoms with Crippen molar-refractivity contribution in [1.82, 2.24) is 0 Å². The van der Waals surface area contributed by atoms with Crippen LogP contribution in [0.3, 0.4) is 0 Å². The van der Waals surface area contributed by atoms with Gasteiger partial charge in [-0.15, -0.1) is 0 Å². The van der Waals surface area contributed by atoms with Gasteiger partial charge in [-0.2, -0.15) is 0 Å². The molecule has 2 fully saturated rings. The average molecular weight is 295 g/mol. The minimum absolute atomic E-state index is 0.964. The topological polar surface area (TPSA) is 9.23 Å². The monoisotopic (exact) mass is 294 g/mol. The van der Waals surface area contributed by atoms with Gasteiger partial charge in [-0.3, -0.25) is 0 Å². The third-order valence-electron chi connectivity index (χ3n) is 6.40. The van der Waals surface area contributed by atoms with Gasteiger partial charge in [-0.05, 0) is 55.8 Å². The summed E-state index contributed by atoms with van der Waals surface area (Å²) in [6.07, 6.45) is 19.3. The molecule has 124 valence electrons. The molecular formula is C20H38O. The summed E-state index contributed by atoms with van der Waals surface area (Å²) in [5, 5.41) is 0. The van der Waals surface area contributed by atoms with Crippen LogP contribution in [0.4, 0.5) is 0 Å². The molecule has 0 aromatic carbocycles. The van der Waals surface area contributed by atoms with Crippen LogP contribution in [0, 0.1) is 23.7 Å². The molecule has 1 heteroatoms. The van der Waals surface area contributed by atoms with Gasteiger partial charge in [0.05, 0.1) is 0 Å². The fraction of sp³-hybridized carbons (Fsp3) is 1.00. The molecule has 2 aliphatic rings. The molecule has 2 aliphatic carbocycles. The first-order valence-electron chi connectivity index (χ1n) is 9.82. The lowest BCUT2D eigenvalue weighted by Gasteiger charge is -2.38. The highest BCUT2D eigenvalue weighted by molar-refractivity contribution is 4.82. The van der Waals surface area contributed by atoms with Crippen molar-refractivity contribution in [3.8, 4) is 0 Å². The van der Waals surface area contributed by atoms with Crippen LogP contribution in [0.1, 0.15) is 90.4 Å². The maximum absolute atomic E-state index is 5.24. The Morgan fingerprint density at radius 1 is 0.714 bits per heavy atom. The van der Waals surface area contributed by atoms with Gasteiger partial charge in [0, 0.05) is 13.7 Å². The Kier molecular flexibility index (Phi) is 8.14. The summed E-state index contributed by atoms with van der Waals surface area (Å²) in [6, 6.07) is 0. The van der Waals surface area contributed by atoms with E-state index in [2.05, 4.69) is 6.92 Å². The van der Waals surface area contributed by atoms with Crippen molar-refractivity contribution in [3.63, 3.8) is 0 Å². The van der Waals surface area contributed by atoms with E-state index in [0.717, 1.165) is 30.3 Å². The zero-order chi connectivity index (χ0) is 14.9. The summed E-state index contributed by atoms with van der Waals surface area (Å²) in [7, 11) is 1.84. The van der Waals surface area contributed by atoms with Crippen LogP contribution in [0.5, 0.6) is 0 Å². The normalized spacial score (nSPS) is 34.0. The van der Waals surface area contributed by atoms with Crippen molar-refractivity contribution >= 4 is 0 Å². The maximum Gasteiger partial charge on any atom is 0.0464 e. The molecule has 0 saturated heterocycles. The van der Waals surface area contributed by atoms with Gasteiger partial charge in [-0.1, -0.05) is 58.3 Å². The van der Waals surface area contributed by atoms with E-state index in [9.17, 15) is 0 Å². The van der Waals surface area contributed by atoms with Crippen LogP contribution < -0.4 is 0 Å². The van der Waals surface area contributed by atoms with Crippen LogP contribution in [0.2, 0.25) is 0 Å². The Morgan fingerprint density at radius 2 is 1.24 bits per heavy atom. The summed E-state index contributed by atoms with van der Waals surface area (Å²) in [4.78, 5) is 0. The fourth-order valence-corrected chi connectivity index (χ4v) is 4.86. The van der Waals surface area contributed by atoms with Crippen molar-refractivity contribution < 1.29 is 4.74 Å². The van der Waals surface area contributed by atoms with Crippen LogP contribution in [0.25, 0.3) is 0 Å². The van der Waals surface area contributed by atoms with Crippen LogP contribution >= 0.6 is 0 Å². The number of hydrogen-bond donors (Lipinski definition) is 0. The molecule has 0 amide bonds. The molecule has 0 N–H and O–H groups in total. The largest absolute Gasteiger partial charge is 0.385 e. The second-order valence-corrected chi connectivity index (χ2v) is 7.84. The SMILES string of the molecule is CCCCCC1CCC(C2CCC(CCOC)CC2)CC1. The highest BCUT2D eigenvalue weighted by Crippen LogP contribution is 2.42. The molecule has 0 aliphatic heterocycles. The fourth-order valence-electron chi connectivity index (χ4n) is 4.86. The molecule has 0 radical (unpaired) electrons. The molecule has 21 heavy (non-hydrogen) atoms. The predicted molar refractivity (Wildman–Crippen MR) is 91.5 cm³/mol. The number of hydrogen-bond acceptors (Lipinski definition) is 1. The first-order valence-corrected chi connectivity index (χ1v) is 9.82. The summed E-state index contributed by atoms with van der Waals surface area (Å²) in [6.45, 7) is 3.29. The smallest absolute Gasteiger partial charge is 0.0464 e. The molecule has 0 atom stereocenters. The summed E-state index contributed by atoms with van der Waals surface area (Å²) in [5.74, 6) is 4.19. The molecule has 2 saturated carbocycles. The van der Waals surface area contributed by atoms with Gasteiger partial charge >= 0.3 is 0 Å². The average Bonchev–Trinajstić information content (AvgIpc) is 2.54. The van der Waals surface area contributed by atoms with E-state index < -0.39 is 0 Å². The van der Waals surface area contributed by atoms with Crippen molar-refractivity contribution in [2.24, 2.45) is 23.7 Å². The second-order valence-electron chi connectivity index (χ2n) is 7.84. The first-order chi connectivity index (χ1) is 10.3. The Bertz CT molecular complexity index is 247. The third-order valence-corrected chi connectivity index (χ3v) is 6.40. The van der Waals surface area contributed by atoms with Crippen molar-refractivity contribution in [1.29, 1.82) is 0 Å². The lowest BCUT2D eigenvalue weighted by molar-refractivity contribution is 0.121. The van der Waals surface area contributed by atoms with E-state index in [1.165, 1.54) is 70.6 Å². The molecule has 2 rings (SSSR count). The minimum atomic E-state index is 0.964. The summed E-state index contributed by atoms with van der Waals surface area (Å²) < 4.78 is 5.24. The summed E-state index contributed by atoms with van der Waals surface area (Å²) in [5.41, 5.74) is 0. The molecule has 0 heterocycles. The van der Waals surface area contributed by atoms with E-state index >= 15 is 0 Å². The van der Waals surface area contributed by atoms with Crippen LogP contribution in [0.15, 0.2) is 0 Å². The first kappa shape index (κ1) is 17.3. The lowest BCUT2D eigenvalue weighted by Crippen LogP contribution is -2.26. The molecule has 0 bridgehead atoms. The third kappa shape index (κ3) is 5.93. The molecule has 1 nitrogen and oxygen atoms in total.